The Morgan fingerprint density at radius 2 is 1.32 bits per heavy atom. The van der Waals surface area contributed by atoms with Crippen molar-refractivity contribution in [1.82, 2.24) is 0 Å². The SMILES string of the molecule is CC(=O)O.CC(C)C1CC[C@]2(C)[C@H]3CC[C@@H]4[C@H]5[C@H](C(C)C)CC[C@]5(C)CC[C@@]4(C)[C@]3(C)CC[C@H]2C1(C)C. The molecule has 2 nitrogen and oxygen atoms in total. The van der Waals surface area contributed by atoms with Gasteiger partial charge in [-0.15, -0.1) is 0 Å². The number of carboxylic acid groups (broad SMARTS) is 1. The van der Waals surface area contributed by atoms with Gasteiger partial charge >= 0.3 is 0 Å². The Morgan fingerprint density at radius 1 is 0.703 bits per heavy atom. The number of hydrogen-bond acceptors (Lipinski definition) is 1. The molecule has 5 rings (SSSR count). The molecular weight excluding hydrogens is 452 g/mol. The number of hydrogen-bond donors (Lipinski definition) is 1. The quantitative estimate of drug-likeness (QED) is 0.398. The Kier molecular flexibility index (Phi) is 7.59. The number of aliphatic carboxylic acids is 1. The van der Waals surface area contributed by atoms with Crippen molar-refractivity contribution in [2.24, 2.45) is 74.4 Å². The Labute approximate surface area is 230 Å². The molecule has 0 aromatic rings. The summed E-state index contributed by atoms with van der Waals surface area (Å²) in [4.78, 5) is 9.00. The highest BCUT2D eigenvalue weighted by atomic mass is 16.4. The first kappa shape index (κ1) is 29.5. The van der Waals surface area contributed by atoms with E-state index in [-0.39, 0.29) is 0 Å². The van der Waals surface area contributed by atoms with E-state index in [4.69, 9.17) is 9.90 Å². The van der Waals surface area contributed by atoms with Gasteiger partial charge in [-0.3, -0.25) is 4.79 Å². The van der Waals surface area contributed by atoms with Crippen LogP contribution in [-0.4, -0.2) is 11.1 Å². The highest BCUT2D eigenvalue weighted by Gasteiger charge is 2.70. The summed E-state index contributed by atoms with van der Waals surface area (Å²) < 4.78 is 0. The van der Waals surface area contributed by atoms with Gasteiger partial charge in [0.1, 0.15) is 0 Å². The highest BCUT2D eigenvalue weighted by molar-refractivity contribution is 5.62. The standard InChI is InChI=1S/C33H58.C2H4O2/c1-21(2)23-13-16-30(7)19-20-32(9)25(28(23)30)11-12-27-31(8)17-14-24(22(3)4)29(5,6)26(31)15-18-33(27,32)10;1-2(3)4/h21-28H,11-20H2,1-10H3;1H3,(H,3,4)/t23-,24?,25+,26-,27+,28+,30+,31-,32+,33+;/m0./s1. The molecule has 0 bridgehead atoms. The summed E-state index contributed by atoms with van der Waals surface area (Å²) in [6, 6.07) is 0. The van der Waals surface area contributed by atoms with E-state index >= 15 is 0 Å². The third-order valence-electron chi connectivity index (χ3n) is 14.7. The second-order valence-corrected chi connectivity index (χ2v) is 17.0. The van der Waals surface area contributed by atoms with Gasteiger partial charge in [0, 0.05) is 6.92 Å². The van der Waals surface area contributed by atoms with Crippen molar-refractivity contribution in [2.45, 2.75) is 140 Å². The molecule has 214 valence electrons. The Morgan fingerprint density at radius 3 is 1.89 bits per heavy atom. The van der Waals surface area contributed by atoms with Crippen molar-refractivity contribution in [3.63, 3.8) is 0 Å². The van der Waals surface area contributed by atoms with Crippen LogP contribution in [0.3, 0.4) is 0 Å². The first-order chi connectivity index (χ1) is 17.0. The van der Waals surface area contributed by atoms with Crippen molar-refractivity contribution < 1.29 is 9.90 Å². The third kappa shape index (κ3) is 4.27. The van der Waals surface area contributed by atoms with Crippen molar-refractivity contribution in [2.75, 3.05) is 0 Å². The first-order valence-corrected chi connectivity index (χ1v) is 16.2. The average molecular weight is 515 g/mol. The van der Waals surface area contributed by atoms with Crippen molar-refractivity contribution in [1.29, 1.82) is 0 Å². The summed E-state index contributed by atoms with van der Waals surface area (Å²) in [6.45, 7) is 27.7. The maximum atomic E-state index is 9.00. The van der Waals surface area contributed by atoms with Gasteiger partial charge in [0.15, 0.2) is 0 Å². The third-order valence-corrected chi connectivity index (χ3v) is 14.7. The monoisotopic (exact) mass is 514 g/mol. The van der Waals surface area contributed by atoms with Crippen LogP contribution >= 0.6 is 0 Å². The molecule has 5 aliphatic carbocycles. The molecule has 5 aliphatic rings. The molecule has 0 aliphatic heterocycles. The summed E-state index contributed by atoms with van der Waals surface area (Å²) in [7, 11) is 0. The Balaban J connectivity index is 0.000000747. The Bertz CT molecular complexity index is 853. The van der Waals surface area contributed by atoms with Crippen LogP contribution in [0.15, 0.2) is 0 Å². The molecule has 0 radical (unpaired) electrons. The zero-order valence-corrected chi connectivity index (χ0v) is 26.5. The maximum Gasteiger partial charge on any atom is 0.300 e. The predicted molar refractivity (Wildman–Crippen MR) is 156 cm³/mol. The fourth-order valence-corrected chi connectivity index (χ4v) is 13.0. The van der Waals surface area contributed by atoms with Gasteiger partial charge in [-0.25, -0.2) is 0 Å². The van der Waals surface area contributed by atoms with E-state index in [0.717, 1.165) is 54.3 Å². The summed E-state index contributed by atoms with van der Waals surface area (Å²) in [5.74, 6) is 6.59. The van der Waals surface area contributed by atoms with E-state index in [9.17, 15) is 0 Å². The van der Waals surface area contributed by atoms with Crippen LogP contribution < -0.4 is 0 Å². The molecule has 2 heteroatoms. The van der Waals surface area contributed by atoms with Gasteiger partial charge in [0.25, 0.3) is 5.97 Å². The molecule has 1 unspecified atom stereocenters. The molecule has 37 heavy (non-hydrogen) atoms. The molecule has 1 N–H and O–H groups in total. The van der Waals surface area contributed by atoms with Crippen molar-refractivity contribution in [3.05, 3.63) is 0 Å². The van der Waals surface area contributed by atoms with E-state index in [1.54, 1.807) is 0 Å². The molecule has 0 heterocycles. The van der Waals surface area contributed by atoms with Gasteiger partial charge in [-0.1, -0.05) is 69.2 Å². The van der Waals surface area contributed by atoms with E-state index < -0.39 is 5.97 Å². The topological polar surface area (TPSA) is 37.3 Å². The molecule has 5 fully saturated rings. The van der Waals surface area contributed by atoms with Crippen LogP contribution in [0.1, 0.15) is 140 Å². The number of carbonyl (C=O) groups is 1. The minimum Gasteiger partial charge on any atom is -0.481 e. The summed E-state index contributed by atoms with van der Waals surface area (Å²) >= 11 is 0. The van der Waals surface area contributed by atoms with Crippen molar-refractivity contribution in [3.8, 4) is 0 Å². The van der Waals surface area contributed by atoms with Crippen LogP contribution in [0, 0.1) is 74.4 Å². The molecule has 0 spiro atoms. The Hall–Kier alpha value is -0.530. The molecule has 5 saturated carbocycles. The van der Waals surface area contributed by atoms with Gasteiger partial charge < -0.3 is 5.11 Å². The maximum absolute atomic E-state index is 9.00. The molecule has 10 atom stereocenters. The van der Waals surface area contributed by atoms with Gasteiger partial charge in [-0.05, 0) is 139 Å². The predicted octanol–water partition coefficient (Wildman–Crippen LogP) is 10.1. The smallest absolute Gasteiger partial charge is 0.300 e. The average Bonchev–Trinajstić information content (AvgIpc) is 3.11. The molecule has 0 saturated heterocycles. The van der Waals surface area contributed by atoms with E-state index in [1.807, 2.05) is 0 Å². The normalized spacial score (nSPS) is 50.3. The van der Waals surface area contributed by atoms with E-state index in [0.29, 0.717) is 27.1 Å². The first-order valence-electron chi connectivity index (χ1n) is 16.2. The van der Waals surface area contributed by atoms with E-state index in [1.165, 1.54) is 64.2 Å². The van der Waals surface area contributed by atoms with Gasteiger partial charge in [-0.2, -0.15) is 0 Å². The summed E-state index contributed by atoms with van der Waals surface area (Å²) in [5.41, 5.74) is 2.81. The number of rotatable bonds is 2. The minimum absolute atomic E-state index is 0.500. The summed E-state index contributed by atoms with van der Waals surface area (Å²) in [5, 5.41) is 7.42. The second-order valence-electron chi connectivity index (χ2n) is 17.0. The lowest BCUT2D eigenvalue weighted by atomic mass is 9.31. The number of carboxylic acids is 1. The molecule has 0 aromatic carbocycles. The van der Waals surface area contributed by atoms with Gasteiger partial charge in [0.2, 0.25) is 0 Å². The van der Waals surface area contributed by atoms with Crippen LogP contribution in [0.25, 0.3) is 0 Å². The lowest BCUT2D eigenvalue weighted by Crippen LogP contribution is -2.66. The van der Waals surface area contributed by atoms with E-state index in [2.05, 4.69) is 69.2 Å². The van der Waals surface area contributed by atoms with Crippen molar-refractivity contribution >= 4 is 5.97 Å². The fraction of sp³-hybridized carbons (Fsp3) is 0.971. The van der Waals surface area contributed by atoms with Crippen LogP contribution in [-0.2, 0) is 4.79 Å². The summed E-state index contributed by atoms with van der Waals surface area (Å²) in [6.07, 6.45) is 15.1. The highest BCUT2D eigenvalue weighted by Crippen LogP contribution is 2.78. The minimum atomic E-state index is -0.833. The molecular formula is C35H62O2. The number of fused-ring (bicyclic) bond motifs is 7. The van der Waals surface area contributed by atoms with Crippen LogP contribution in [0.5, 0.6) is 0 Å². The zero-order valence-electron chi connectivity index (χ0n) is 26.5. The molecule has 0 amide bonds. The second kappa shape index (κ2) is 9.54. The largest absolute Gasteiger partial charge is 0.481 e. The lowest BCUT2D eigenvalue weighted by Gasteiger charge is -2.73. The fourth-order valence-electron chi connectivity index (χ4n) is 13.0. The van der Waals surface area contributed by atoms with Crippen LogP contribution in [0.4, 0.5) is 0 Å². The zero-order chi connectivity index (χ0) is 27.8. The van der Waals surface area contributed by atoms with Gasteiger partial charge in [0.05, 0.1) is 0 Å². The molecule has 0 aromatic heterocycles. The van der Waals surface area contributed by atoms with Crippen LogP contribution in [0.2, 0.25) is 0 Å². The lowest BCUT2D eigenvalue weighted by molar-refractivity contribution is -0.245.